The lowest BCUT2D eigenvalue weighted by molar-refractivity contribution is 0.603. The molecule has 1 heterocycles. The zero-order chi connectivity index (χ0) is 17.7. The molecule has 0 aliphatic heterocycles. The fourth-order valence-electron chi connectivity index (χ4n) is 2.39. The maximum atomic E-state index is 11.2. The molecule has 0 aliphatic rings. The molecular formula is C16H24N4O2S2. The first-order valence-corrected chi connectivity index (χ1v) is 11.0. The second-order valence-electron chi connectivity index (χ2n) is 5.56. The molecule has 24 heavy (non-hydrogen) atoms. The molecule has 0 atom stereocenters. The maximum Gasteiger partial charge on any atom is 0.191 e. The van der Waals surface area contributed by atoms with Gasteiger partial charge in [0.1, 0.15) is 9.84 Å². The van der Waals surface area contributed by atoms with Crippen LogP contribution in [0.1, 0.15) is 13.8 Å². The molecule has 6 nitrogen and oxygen atoms in total. The van der Waals surface area contributed by atoms with Crippen LogP contribution in [0.4, 0.5) is 5.69 Å². The third-order valence-electron chi connectivity index (χ3n) is 3.77. The van der Waals surface area contributed by atoms with Gasteiger partial charge in [-0.15, -0.1) is 10.2 Å². The highest BCUT2D eigenvalue weighted by atomic mass is 32.2. The van der Waals surface area contributed by atoms with E-state index in [0.29, 0.717) is 5.75 Å². The van der Waals surface area contributed by atoms with Crippen molar-refractivity contribution in [1.29, 1.82) is 0 Å². The summed E-state index contributed by atoms with van der Waals surface area (Å²) in [6.45, 7) is 6.22. The Kier molecular flexibility index (Phi) is 6.28. The molecule has 0 amide bonds. The van der Waals surface area contributed by atoms with E-state index in [2.05, 4.69) is 41.1 Å². The van der Waals surface area contributed by atoms with Crippen molar-refractivity contribution in [1.82, 2.24) is 14.8 Å². The highest BCUT2D eigenvalue weighted by molar-refractivity contribution is 8.00. The summed E-state index contributed by atoms with van der Waals surface area (Å²) in [6, 6.07) is 8.27. The van der Waals surface area contributed by atoms with Crippen LogP contribution in [0.15, 0.2) is 29.4 Å². The van der Waals surface area contributed by atoms with Crippen molar-refractivity contribution in [2.75, 3.05) is 35.8 Å². The number of benzene rings is 1. The van der Waals surface area contributed by atoms with Crippen molar-refractivity contribution in [3.8, 4) is 11.4 Å². The Morgan fingerprint density at radius 3 is 2.29 bits per heavy atom. The van der Waals surface area contributed by atoms with Crippen LogP contribution < -0.4 is 4.90 Å². The molecule has 0 spiro atoms. The third-order valence-corrected chi connectivity index (χ3v) is 6.00. The summed E-state index contributed by atoms with van der Waals surface area (Å²) >= 11 is 1.41. The van der Waals surface area contributed by atoms with E-state index in [1.165, 1.54) is 23.7 Å². The standard InChI is InChI=1S/C16H24N4O2S2/c1-5-20(6-2)14-9-7-13(8-10-14)15-17-18-16(19(15)3)23-11-12-24(4,21)22/h7-10H,5-6,11-12H2,1-4H3. The van der Waals surface area contributed by atoms with Crippen LogP contribution in [-0.4, -0.2) is 54.0 Å². The Balaban J connectivity index is 2.12. The second kappa shape index (κ2) is 8.02. The number of sulfone groups is 1. The van der Waals surface area contributed by atoms with Gasteiger partial charge < -0.3 is 9.47 Å². The summed E-state index contributed by atoms with van der Waals surface area (Å²) in [7, 11) is -1.05. The van der Waals surface area contributed by atoms with Crippen molar-refractivity contribution >= 4 is 27.3 Å². The van der Waals surface area contributed by atoms with Crippen LogP contribution in [-0.2, 0) is 16.9 Å². The van der Waals surface area contributed by atoms with Crippen LogP contribution in [0, 0.1) is 0 Å². The Morgan fingerprint density at radius 2 is 1.75 bits per heavy atom. The number of anilines is 1. The highest BCUT2D eigenvalue weighted by Gasteiger charge is 2.13. The van der Waals surface area contributed by atoms with Crippen molar-refractivity contribution in [3.05, 3.63) is 24.3 Å². The summed E-state index contributed by atoms with van der Waals surface area (Å²) < 4.78 is 24.3. The molecule has 0 radical (unpaired) electrons. The number of hydrogen-bond acceptors (Lipinski definition) is 6. The first-order valence-electron chi connectivity index (χ1n) is 7.91. The van der Waals surface area contributed by atoms with Crippen molar-refractivity contribution in [2.45, 2.75) is 19.0 Å². The van der Waals surface area contributed by atoms with Crippen LogP contribution in [0.5, 0.6) is 0 Å². The molecule has 0 saturated heterocycles. The molecule has 0 unspecified atom stereocenters. The molecule has 0 fully saturated rings. The molecule has 1 aromatic carbocycles. The van der Waals surface area contributed by atoms with Gasteiger partial charge in [0.15, 0.2) is 11.0 Å². The molecule has 2 rings (SSSR count). The summed E-state index contributed by atoms with van der Waals surface area (Å²) in [5.41, 5.74) is 2.18. The summed E-state index contributed by atoms with van der Waals surface area (Å²) in [6.07, 6.45) is 1.24. The molecule has 8 heteroatoms. The van der Waals surface area contributed by atoms with E-state index in [-0.39, 0.29) is 5.75 Å². The van der Waals surface area contributed by atoms with Crippen LogP contribution in [0.25, 0.3) is 11.4 Å². The number of hydrogen-bond donors (Lipinski definition) is 0. The monoisotopic (exact) mass is 368 g/mol. The van der Waals surface area contributed by atoms with E-state index in [1.54, 1.807) is 0 Å². The van der Waals surface area contributed by atoms with Gasteiger partial charge in [-0.3, -0.25) is 0 Å². The first-order chi connectivity index (χ1) is 11.4. The number of rotatable bonds is 8. The number of thioether (sulfide) groups is 1. The molecular weight excluding hydrogens is 344 g/mol. The van der Waals surface area contributed by atoms with Crippen molar-refractivity contribution < 1.29 is 8.42 Å². The van der Waals surface area contributed by atoms with Gasteiger partial charge in [-0.25, -0.2) is 8.42 Å². The fourth-order valence-corrected chi connectivity index (χ4v) is 4.49. The maximum absolute atomic E-state index is 11.2. The van der Waals surface area contributed by atoms with Crippen LogP contribution in [0.3, 0.4) is 0 Å². The lowest BCUT2D eigenvalue weighted by atomic mass is 10.2. The average Bonchev–Trinajstić information content (AvgIpc) is 2.89. The first kappa shape index (κ1) is 18.8. The molecule has 0 N–H and O–H groups in total. The van der Waals surface area contributed by atoms with Gasteiger partial charge in [-0.05, 0) is 38.1 Å². The minimum atomic E-state index is -2.95. The van der Waals surface area contributed by atoms with E-state index < -0.39 is 9.84 Å². The lowest BCUT2D eigenvalue weighted by Crippen LogP contribution is -2.21. The lowest BCUT2D eigenvalue weighted by Gasteiger charge is -2.21. The van der Waals surface area contributed by atoms with Gasteiger partial charge in [-0.2, -0.15) is 0 Å². The summed E-state index contributed by atoms with van der Waals surface area (Å²) in [5.74, 6) is 1.40. The highest BCUT2D eigenvalue weighted by Crippen LogP contribution is 2.25. The second-order valence-corrected chi connectivity index (χ2v) is 8.88. The topological polar surface area (TPSA) is 68.1 Å². The van der Waals surface area contributed by atoms with Gasteiger partial charge in [0.05, 0.1) is 5.75 Å². The molecule has 2 aromatic rings. The largest absolute Gasteiger partial charge is 0.372 e. The van der Waals surface area contributed by atoms with E-state index in [9.17, 15) is 8.42 Å². The minimum Gasteiger partial charge on any atom is -0.372 e. The SMILES string of the molecule is CCN(CC)c1ccc(-c2nnc(SCCS(C)(=O)=O)n2C)cc1. The van der Waals surface area contributed by atoms with Crippen molar-refractivity contribution in [2.24, 2.45) is 7.05 Å². The predicted molar refractivity (Wildman–Crippen MR) is 100 cm³/mol. The van der Waals surface area contributed by atoms with Crippen LogP contribution in [0.2, 0.25) is 0 Å². The Labute approximate surface area is 148 Å². The Hall–Kier alpha value is -1.54. The predicted octanol–water partition coefficient (Wildman–Crippen LogP) is 2.47. The zero-order valence-electron chi connectivity index (χ0n) is 14.6. The van der Waals surface area contributed by atoms with Crippen LogP contribution >= 0.6 is 11.8 Å². The smallest absolute Gasteiger partial charge is 0.191 e. The third kappa shape index (κ3) is 4.73. The van der Waals surface area contributed by atoms with Gasteiger partial charge in [-0.1, -0.05) is 11.8 Å². The van der Waals surface area contributed by atoms with E-state index in [1.807, 2.05) is 23.7 Å². The van der Waals surface area contributed by atoms with Gasteiger partial charge in [0.2, 0.25) is 0 Å². The van der Waals surface area contributed by atoms with Gasteiger partial charge >= 0.3 is 0 Å². The van der Waals surface area contributed by atoms with Gasteiger partial charge in [0.25, 0.3) is 0 Å². The Bertz CT molecular complexity index is 766. The zero-order valence-corrected chi connectivity index (χ0v) is 16.2. The van der Waals surface area contributed by atoms with Crippen molar-refractivity contribution in [3.63, 3.8) is 0 Å². The average molecular weight is 369 g/mol. The Morgan fingerprint density at radius 1 is 1.12 bits per heavy atom. The molecule has 132 valence electrons. The van der Waals surface area contributed by atoms with E-state index in [0.717, 1.165) is 29.6 Å². The minimum absolute atomic E-state index is 0.137. The molecule has 1 aromatic heterocycles. The summed E-state index contributed by atoms with van der Waals surface area (Å²) in [5, 5.41) is 9.14. The van der Waals surface area contributed by atoms with E-state index in [4.69, 9.17) is 0 Å². The normalized spacial score (nSPS) is 11.7. The van der Waals surface area contributed by atoms with Gasteiger partial charge in [0, 0.05) is 43.4 Å². The fraction of sp³-hybridized carbons (Fsp3) is 0.500. The molecule has 0 saturated carbocycles. The molecule has 0 aliphatic carbocycles. The molecule has 0 bridgehead atoms. The summed E-state index contributed by atoms with van der Waals surface area (Å²) in [4.78, 5) is 2.28. The van der Waals surface area contributed by atoms with E-state index >= 15 is 0 Å². The quantitative estimate of drug-likeness (QED) is 0.667. The number of nitrogens with zero attached hydrogens (tertiary/aromatic N) is 4. The number of aromatic nitrogens is 3.